The molecule has 0 radical (unpaired) electrons. The highest BCUT2D eigenvalue weighted by atomic mass is 32.1. The Hall–Kier alpha value is -2.15. The molecule has 2 rings (SSSR count). The number of hydrogen-bond donors (Lipinski definition) is 1. The van der Waals surface area contributed by atoms with Crippen LogP contribution in [0.2, 0.25) is 0 Å². The lowest BCUT2D eigenvalue weighted by Gasteiger charge is -2.06. The molecule has 7 heteroatoms. The summed E-state index contributed by atoms with van der Waals surface area (Å²) in [7, 11) is 0. The summed E-state index contributed by atoms with van der Waals surface area (Å²) in [6.07, 6.45) is -0.217. The Bertz CT molecular complexity index is 728. The molecule has 0 spiro atoms. The van der Waals surface area contributed by atoms with E-state index in [-0.39, 0.29) is 18.6 Å². The number of amides is 1. The van der Waals surface area contributed by atoms with Gasteiger partial charge in [-0.15, -0.1) is 11.3 Å². The Labute approximate surface area is 128 Å². The molecular formula is C15H12F3NO2S. The van der Waals surface area contributed by atoms with Crippen LogP contribution >= 0.6 is 11.3 Å². The number of halogens is 3. The Morgan fingerprint density at radius 1 is 1.05 bits per heavy atom. The molecule has 2 aromatic rings. The number of carbonyl (C=O) groups is 2. The molecule has 22 heavy (non-hydrogen) atoms. The third kappa shape index (κ3) is 3.73. The molecular weight excluding hydrogens is 315 g/mol. The fourth-order valence-electron chi connectivity index (χ4n) is 1.77. The first kappa shape index (κ1) is 16.2. The number of benzene rings is 1. The molecule has 0 aliphatic heterocycles. The minimum atomic E-state index is -1.65. The maximum Gasteiger partial charge on any atom is 0.224 e. The van der Waals surface area contributed by atoms with Gasteiger partial charge in [0.2, 0.25) is 5.91 Å². The minimum Gasteiger partial charge on any atom is -0.323 e. The van der Waals surface area contributed by atoms with Crippen LogP contribution < -0.4 is 5.32 Å². The van der Waals surface area contributed by atoms with Crippen LogP contribution in [-0.2, 0) is 4.79 Å². The van der Waals surface area contributed by atoms with Crippen LogP contribution in [-0.4, -0.2) is 11.7 Å². The van der Waals surface area contributed by atoms with E-state index in [9.17, 15) is 22.8 Å². The average molecular weight is 327 g/mol. The molecule has 1 aromatic heterocycles. The molecule has 0 fully saturated rings. The predicted molar refractivity (Wildman–Crippen MR) is 77.6 cm³/mol. The molecule has 1 heterocycles. The van der Waals surface area contributed by atoms with Crippen molar-refractivity contribution in [2.75, 3.05) is 5.32 Å². The SMILES string of the molecule is Cc1ccc(C(=O)CCC(=O)Nc2ccc(F)c(F)c2F)s1. The lowest BCUT2D eigenvalue weighted by molar-refractivity contribution is -0.116. The molecule has 0 bridgehead atoms. The highest BCUT2D eigenvalue weighted by Gasteiger charge is 2.16. The van der Waals surface area contributed by atoms with Gasteiger partial charge < -0.3 is 5.32 Å². The maximum absolute atomic E-state index is 13.4. The molecule has 0 saturated heterocycles. The molecule has 0 atom stereocenters. The molecule has 116 valence electrons. The van der Waals surface area contributed by atoms with Gasteiger partial charge in [0.25, 0.3) is 0 Å². The topological polar surface area (TPSA) is 46.2 Å². The van der Waals surface area contributed by atoms with Gasteiger partial charge in [0, 0.05) is 17.7 Å². The summed E-state index contributed by atoms with van der Waals surface area (Å²) < 4.78 is 39.2. The number of carbonyl (C=O) groups excluding carboxylic acids is 2. The van der Waals surface area contributed by atoms with Gasteiger partial charge in [-0.1, -0.05) is 0 Å². The molecule has 1 aromatic carbocycles. The number of anilines is 1. The Morgan fingerprint density at radius 3 is 2.41 bits per heavy atom. The van der Waals surface area contributed by atoms with Crippen molar-refractivity contribution in [3.63, 3.8) is 0 Å². The van der Waals surface area contributed by atoms with E-state index in [0.29, 0.717) is 10.9 Å². The van der Waals surface area contributed by atoms with E-state index in [0.717, 1.165) is 10.9 Å². The van der Waals surface area contributed by atoms with Crippen LogP contribution in [0, 0.1) is 24.4 Å². The summed E-state index contributed by atoms with van der Waals surface area (Å²) in [6.45, 7) is 1.86. The van der Waals surface area contributed by atoms with Crippen molar-refractivity contribution >= 4 is 28.7 Å². The van der Waals surface area contributed by atoms with Gasteiger partial charge in [-0.25, -0.2) is 13.2 Å². The van der Waals surface area contributed by atoms with Crippen molar-refractivity contribution in [2.24, 2.45) is 0 Å². The van der Waals surface area contributed by atoms with Gasteiger partial charge in [-0.2, -0.15) is 0 Å². The summed E-state index contributed by atoms with van der Waals surface area (Å²) in [5.74, 6) is -5.29. The Kier molecular flexibility index (Phi) is 4.97. The van der Waals surface area contributed by atoms with E-state index in [2.05, 4.69) is 5.32 Å². The van der Waals surface area contributed by atoms with Crippen LogP contribution in [0.3, 0.4) is 0 Å². The summed E-state index contributed by atoms with van der Waals surface area (Å²) in [4.78, 5) is 25.0. The second-order valence-corrected chi connectivity index (χ2v) is 5.89. The van der Waals surface area contributed by atoms with E-state index in [1.807, 2.05) is 6.92 Å². The number of hydrogen-bond acceptors (Lipinski definition) is 3. The van der Waals surface area contributed by atoms with E-state index in [1.165, 1.54) is 11.3 Å². The normalized spacial score (nSPS) is 10.5. The van der Waals surface area contributed by atoms with Gasteiger partial charge in [-0.05, 0) is 31.2 Å². The fourth-order valence-corrected chi connectivity index (χ4v) is 2.60. The average Bonchev–Trinajstić information content (AvgIpc) is 2.92. The zero-order valence-electron chi connectivity index (χ0n) is 11.6. The van der Waals surface area contributed by atoms with Crippen LogP contribution in [0.15, 0.2) is 24.3 Å². The number of nitrogens with one attached hydrogen (secondary N) is 1. The van der Waals surface area contributed by atoms with Crippen molar-refractivity contribution < 1.29 is 22.8 Å². The number of Topliss-reactive ketones (excluding diaryl/α,β-unsaturated/α-hetero) is 1. The Balaban J connectivity index is 1.94. The number of thiophene rings is 1. The molecule has 1 N–H and O–H groups in total. The zero-order chi connectivity index (χ0) is 16.3. The zero-order valence-corrected chi connectivity index (χ0v) is 12.4. The fraction of sp³-hybridized carbons (Fsp3) is 0.200. The molecule has 0 aliphatic carbocycles. The molecule has 0 unspecified atom stereocenters. The lowest BCUT2D eigenvalue weighted by Crippen LogP contribution is -2.15. The third-order valence-electron chi connectivity index (χ3n) is 2.90. The van der Waals surface area contributed by atoms with E-state index in [1.54, 1.807) is 12.1 Å². The maximum atomic E-state index is 13.4. The third-order valence-corrected chi connectivity index (χ3v) is 3.95. The summed E-state index contributed by atoms with van der Waals surface area (Å²) in [6, 6.07) is 5.12. The first-order valence-corrected chi connectivity index (χ1v) is 7.23. The molecule has 0 aliphatic rings. The Morgan fingerprint density at radius 2 is 1.77 bits per heavy atom. The summed E-state index contributed by atoms with van der Waals surface area (Å²) in [5, 5.41) is 2.12. The minimum absolute atomic E-state index is 0.0446. The van der Waals surface area contributed by atoms with Crippen molar-refractivity contribution in [1.82, 2.24) is 0 Å². The smallest absolute Gasteiger partial charge is 0.224 e. The van der Waals surface area contributed by atoms with Gasteiger partial charge in [0.05, 0.1) is 10.6 Å². The summed E-state index contributed by atoms with van der Waals surface area (Å²) >= 11 is 1.32. The second-order valence-electron chi connectivity index (χ2n) is 4.60. The highest BCUT2D eigenvalue weighted by molar-refractivity contribution is 7.14. The largest absolute Gasteiger partial charge is 0.323 e. The molecule has 0 saturated carbocycles. The van der Waals surface area contributed by atoms with Gasteiger partial charge in [-0.3, -0.25) is 9.59 Å². The van der Waals surface area contributed by atoms with Crippen LogP contribution in [0.5, 0.6) is 0 Å². The number of aryl methyl sites for hydroxylation is 1. The van der Waals surface area contributed by atoms with Crippen LogP contribution in [0.25, 0.3) is 0 Å². The van der Waals surface area contributed by atoms with E-state index >= 15 is 0 Å². The number of ketones is 1. The first-order chi connectivity index (χ1) is 10.4. The van der Waals surface area contributed by atoms with Crippen molar-refractivity contribution in [2.45, 2.75) is 19.8 Å². The summed E-state index contributed by atoms with van der Waals surface area (Å²) in [5.41, 5.74) is -0.455. The number of rotatable bonds is 5. The molecule has 3 nitrogen and oxygen atoms in total. The lowest BCUT2D eigenvalue weighted by atomic mass is 10.2. The van der Waals surface area contributed by atoms with Gasteiger partial charge in [0.15, 0.2) is 23.2 Å². The second kappa shape index (κ2) is 6.74. The van der Waals surface area contributed by atoms with Crippen molar-refractivity contribution in [3.8, 4) is 0 Å². The molecule has 1 amide bonds. The highest BCUT2D eigenvalue weighted by Crippen LogP contribution is 2.21. The van der Waals surface area contributed by atoms with E-state index in [4.69, 9.17) is 0 Å². The van der Waals surface area contributed by atoms with Crippen LogP contribution in [0.4, 0.5) is 18.9 Å². The predicted octanol–water partition coefficient (Wildman–Crippen LogP) is 4.08. The standard InChI is InChI=1S/C15H12F3NO2S/c1-8-2-6-12(22-8)11(20)5-7-13(21)19-10-4-3-9(16)14(17)15(10)18/h2-4,6H,5,7H2,1H3,(H,19,21). The first-order valence-electron chi connectivity index (χ1n) is 6.41. The van der Waals surface area contributed by atoms with Gasteiger partial charge >= 0.3 is 0 Å². The van der Waals surface area contributed by atoms with Crippen LogP contribution in [0.1, 0.15) is 27.4 Å². The quantitative estimate of drug-likeness (QED) is 0.664. The van der Waals surface area contributed by atoms with Crippen molar-refractivity contribution in [1.29, 1.82) is 0 Å². The van der Waals surface area contributed by atoms with Crippen molar-refractivity contribution in [3.05, 3.63) is 51.5 Å². The van der Waals surface area contributed by atoms with Gasteiger partial charge in [0.1, 0.15) is 0 Å². The van der Waals surface area contributed by atoms with E-state index < -0.39 is 29.0 Å². The monoisotopic (exact) mass is 327 g/mol.